The third-order valence-corrected chi connectivity index (χ3v) is 10.8. The Balaban J connectivity index is 1.39. The second-order valence-corrected chi connectivity index (χ2v) is 14.1. The van der Waals surface area contributed by atoms with E-state index in [4.69, 9.17) is 5.73 Å². The number of carbonyl (C=O) groups excluding carboxylic acids is 5. The molecule has 4 aliphatic rings. The van der Waals surface area contributed by atoms with E-state index in [-0.39, 0.29) is 24.2 Å². The van der Waals surface area contributed by atoms with E-state index in [1.165, 1.54) is 4.90 Å². The van der Waals surface area contributed by atoms with E-state index in [9.17, 15) is 34.2 Å². The van der Waals surface area contributed by atoms with Gasteiger partial charge in [0.15, 0.2) is 34.7 Å². The average Bonchev–Trinajstić information content (AvgIpc) is 3.00. The van der Waals surface area contributed by atoms with Crippen molar-refractivity contribution in [2.45, 2.75) is 31.0 Å². The minimum Gasteiger partial charge on any atom is -0.507 e. The van der Waals surface area contributed by atoms with Crippen LogP contribution in [0.1, 0.15) is 27.9 Å². The maximum absolute atomic E-state index is 14.4. The second kappa shape index (κ2) is 11.9. The molecule has 2 aromatic rings. The lowest BCUT2D eigenvalue weighted by Crippen LogP contribution is -2.74. The van der Waals surface area contributed by atoms with E-state index in [0.717, 1.165) is 38.3 Å². The van der Waals surface area contributed by atoms with Gasteiger partial charge in [0.25, 0.3) is 0 Å². The first kappa shape index (κ1) is 33.0. The second-order valence-electron chi connectivity index (χ2n) is 14.1. The number of fused-ring (bicyclic) bond motifs is 3. The van der Waals surface area contributed by atoms with Crippen molar-refractivity contribution < 1.29 is 34.2 Å². The van der Waals surface area contributed by atoms with Crippen LogP contribution in [0.4, 0.5) is 5.69 Å². The van der Waals surface area contributed by atoms with Gasteiger partial charge in [0.2, 0.25) is 5.91 Å². The molecule has 6 atom stereocenters. The minimum absolute atomic E-state index is 0.00798. The highest BCUT2D eigenvalue weighted by Crippen LogP contribution is 2.53. The summed E-state index contributed by atoms with van der Waals surface area (Å²) in [5.41, 5.74) is 6.16. The summed E-state index contributed by atoms with van der Waals surface area (Å²) >= 11 is 0. The number of carbonyl (C=O) groups is 5. The SMILES string of the molecule is CN1CCN(Cc2ccc(-c3cc(N(C)C)c4c(c3O)C(=O)C3C(=O)[C@]5(O)C(=O)C(C(N)=O)C(=O)[C@@H](N(C)C)[C@@H]5C[C@@H]3C4)cc2)CC1. The number of aliphatic hydroxyl groups is 1. The fourth-order valence-electron chi connectivity index (χ4n) is 8.33. The van der Waals surface area contributed by atoms with Crippen molar-refractivity contribution in [3.8, 4) is 16.9 Å². The minimum atomic E-state index is -2.76. The fraction of sp³-hybridized carbons (Fsp3) is 0.514. The van der Waals surface area contributed by atoms with Crippen molar-refractivity contribution in [1.29, 1.82) is 0 Å². The number of primary amides is 1. The van der Waals surface area contributed by atoms with Crippen molar-refractivity contribution in [2.24, 2.45) is 29.4 Å². The maximum atomic E-state index is 14.4. The van der Waals surface area contributed by atoms with Gasteiger partial charge in [-0.1, -0.05) is 24.3 Å². The molecule has 3 aliphatic carbocycles. The highest BCUT2D eigenvalue weighted by Gasteiger charge is 2.69. The lowest BCUT2D eigenvalue weighted by Gasteiger charge is -2.52. The van der Waals surface area contributed by atoms with E-state index in [0.29, 0.717) is 22.4 Å². The fourth-order valence-corrected chi connectivity index (χ4v) is 8.33. The Labute approximate surface area is 274 Å². The summed E-state index contributed by atoms with van der Waals surface area (Å²) in [6, 6.07) is 8.53. The van der Waals surface area contributed by atoms with Crippen LogP contribution in [0.15, 0.2) is 30.3 Å². The topological polar surface area (TPSA) is 165 Å². The molecule has 6 rings (SSSR count). The highest BCUT2D eigenvalue weighted by molar-refractivity contribution is 6.32. The molecule has 0 aromatic heterocycles. The summed E-state index contributed by atoms with van der Waals surface area (Å²) in [7, 11) is 8.92. The van der Waals surface area contributed by atoms with Gasteiger partial charge in [0.1, 0.15) is 5.75 Å². The number of hydrogen-bond acceptors (Lipinski definition) is 11. The number of likely N-dealkylation sites (N-methyl/N-ethyl adjacent to an activating group) is 2. The molecule has 1 heterocycles. The summed E-state index contributed by atoms with van der Waals surface area (Å²) in [6.45, 7) is 4.79. The molecule has 12 nitrogen and oxygen atoms in total. The van der Waals surface area contributed by atoms with E-state index < -0.39 is 64.4 Å². The van der Waals surface area contributed by atoms with Crippen molar-refractivity contribution in [2.75, 3.05) is 66.3 Å². The van der Waals surface area contributed by atoms with E-state index >= 15 is 0 Å². The number of ketones is 4. The predicted octanol–water partition coefficient (Wildman–Crippen LogP) is 0.347. The number of piperazine rings is 1. The molecule has 47 heavy (non-hydrogen) atoms. The Morgan fingerprint density at radius 1 is 1.00 bits per heavy atom. The first-order valence-electron chi connectivity index (χ1n) is 16.1. The number of nitrogens with two attached hydrogens (primary N) is 1. The lowest BCUT2D eigenvalue weighted by atomic mass is 9.52. The standard InChI is InChI=1S/C35H43N5O7/c1-37(2)24-16-21(19-8-6-18(7-9-19)17-40-12-10-39(5)11-13-40)29(41)26-22(24)14-20-15-23-28(38(3)4)31(43)27(34(36)46)33(45)35(23,47)32(44)25(20)30(26)42/h6-9,16,20,23,25,27-28,41,47H,10-15,17H2,1-5H3,(H2,36,46)/t20-,23-,25?,27?,28-,35-/m0/s1. The van der Waals surface area contributed by atoms with Crippen LogP contribution in [-0.2, 0) is 32.1 Å². The first-order chi connectivity index (χ1) is 22.2. The number of hydrogen-bond donors (Lipinski definition) is 3. The van der Waals surface area contributed by atoms with E-state index in [2.05, 4.69) is 16.8 Å². The third kappa shape index (κ3) is 5.18. The molecule has 3 fully saturated rings. The van der Waals surface area contributed by atoms with Crippen LogP contribution in [0.5, 0.6) is 5.75 Å². The number of benzene rings is 2. The molecule has 250 valence electrons. The van der Waals surface area contributed by atoms with Crippen LogP contribution in [0.3, 0.4) is 0 Å². The molecular weight excluding hydrogens is 602 g/mol. The predicted molar refractivity (Wildman–Crippen MR) is 174 cm³/mol. The van der Waals surface area contributed by atoms with Gasteiger partial charge in [-0.15, -0.1) is 0 Å². The Morgan fingerprint density at radius 3 is 2.21 bits per heavy atom. The normalized spacial score (nSPS) is 29.8. The summed E-state index contributed by atoms with van der Waals surface area (Å²) in [5.74, 6) is -10.6. The Bertz CT molecular complexity index is 1660. The molecule has 2 saturated carbocycles. The Hall–Kier alpha value is -3.97. The zero-order valence-corrected chi connectivity index (χ0v) is 27.5. The molecule has 2 aromatic carbocycles. The molecular formula is C35H43N5O7. The number of anilines is 1. The van der Waals surface area contributed by atoms with Crippen LogP contribution in [0.2, 0.25) is 0 Å². The summed E-state index contributed by atoms with van der Waals surface area (Å²) in [5, 5.41) is 23.6. The van der Waals surface area contributed by atoms with Crippen molar-refractivity contribution in [1.82, 2.24) is 14.7 Å². The van der Waals surface area contributed by atoms with Crippen molar-refractivity contribution in [3.05, 3.63) is 47.0 Å². The molecule has 4 N–H and O–H groups in total. The monoisotopic (exact) mass is 645 g/mol. The highest BCUT2D eigenvalue weighted by atomic mass is 16.3. The van der Waals surface area contributed by atoms with Crippen molar-refractivity contribution >= 4 is 34.7 Å². The van der Waals surface area contributed by atoms with Gasteiger partial charge >= 0.3 is 0 Å². The Morgan fingerprint density at radius 2 is 1.64 bits per heavy atom. The number of amides is 1. The molecule has 12 heteroatoms. The van der Waals surface area contributed by atoms with Crippen LogP contribution >= 0.6 is 0 Å². The zero-order chi connectivity index (χ0) is 34.1. The lowest BCUT2D eigenvalue weighted by molar-refractivity contribution is -0.181. The van der Waals surface area contributed by atoms with Gasteiger partial charge in [-0.3, -0.25) is 33.8 Å². The van der Waals surface area contributed by atoms with Crippen LogP contribution in [0.25, 0.3) is 11.1 Å². The summed E-state index contributed by atoms with van der Waals surface area (Å²) in [4.78, 5) is 75.8. The molecule has 1 saturated heterocycles. The quantitative estimate of drug-likeness (QED) is 0.371. The molecule has 0 spiro atoms. The number of phenols is 1. The van der Waals surface area contributed by atoms with Gasteiger partial charge in [-0.25, -0.2) is 0 Å². The number of aromatic hydroxyl groups is 1. The molecule has 0 radical (unpaired) electrons. The molecule has 0 bridgehead atoms. The van der Waals surface area contributed by atoms with Gasteiger partial charge < -0.3 is 25.7 Å². The van der Waals surface area contributed by atoms with Gasteiger partial charge in [-0.2, -0.15) is 0 Å². The number of phenolic OH excluding ortho intramolecular Hbond substituents is 1. The number of nitrogens with zero attached hydrogens (tertiary/aromatic N) is 4. The first-order valence-corrected chi connectivity index (χ1v) is 16.1. The average molecular weight is 646 g/mol. The molecule has 1 amide bonds. The molecule has 2 unspecified atom stereocenters. The zero-order valence-electron chi connectivity index (χ0n) is 27.5. The number of Topliss-reactive ketones (excluding diaryl/α,β-unsaturated/α-hetero) is 4. The third-order valence-electron chi connectivity index (χ3n) is 10.8. The molecule has 1 aliphatic heterocycles. The van der Waals surface area contributed by atoms with Gasteiger partial charge in [-0.05, 0) is 62.7 Å². The van der Waals surface area contributed by atoms with Crippen molar-refractivity contribution in [3.63, 3.8) is 0 Å². The summed E-state index contributed by atoms with van der Waals surface area (Å²) in [6.07, 6.45) is 0.213. The van der Waals surface area contributed by atoms with Crippen LogP contribution in [-0.4, -0.2) is 127 Å². The van der Waals surface area contributed by atoms with Crippen LogP contribution in [0, 0.1) is 23.7 Å². The van der Waals surface area contributed by atoms with E-state index in [1.807, 2.05) is 49.3 Å². The van der Waals surface area contributed by atoms with E-state index in [1.54, 1.807) is 14.1 Å². The largest absolute Gasteiger partial charge is 0.507 e. The van der Waals surface area contributed by atoms with Gasteiger partial charge in [0, 0.05) is 64.0 Å². The maximum Gasteiger partial charge on any atom is 0.235 e. The Kier molecular flexibility index (Phi) is 8.36. The van der Waals surface area contributed by atoms with Crippen LogP contribution < -0.4 is 10.6 Å². The van der Waals surface area contributed by atoms with Gasteiger partial charge in [0.05, 0.1) is 17.5 Å². The summed E-state index contributed by atoms with van der Waals surface area (Å²) < 4.78 is 0. The smallest absolute Gasteiger partial charge is 0.235 e. The number of rotatable bonds is 6.